The van der Waals surface area contributed by atoms with Gasteiger partial charge in [0.1, 0.15) is 30.1 Å². The van der Waals surface area contributed by atoms with Crippen molar-refractivity contribution in [3.63, 3.8) is 0 Å². The molecule has 32 heavy (non-hydrogen) atoms. The van der Waals surface area contributed by atoms with Gasteiger partial charge in [-0.25, -0.2) is 9.37 Å². The van der Waals surface area contributed by atoms with E-state index in [0.29, 0.717) is 17.8 Å². The smallest absolute Gasteiger partial charge is 0.191 e. The lowest BCUT2D eigenvalue weighted by atomic mass is 10.1. The van der Waals surface area contributed by atoms with E-state index >= 15 is 0 Å². The lowest BCUT2D eigenvalue weighted by molar-refractivity contribution is 0.114. The van der Waals surface area contributed by atoms with Gasteiger partial charge in [-0.1, -0.05) is 6.07 Å². The first-order valence-corrected chi connectivity index (χ1v) is 10.8. The van der Waals surface area contributed by atoms with Gasteiger partial charge >= 0.3 is 0 Å². The zero-order valence-corrected chi connectivity index (χ0v) is 21.0. The third-order valence-corrected chi connectivity index (χ3v) is 5.12. The summed E-state index contributed by atoms with van der Waals surface area (Å²) in [6, 6.07) is 10.2. The van der Waals surface area contributed by atoms with Crippen LogP contribution in [0.4, 0.5) is 10.2 Å². The summed E-state index contributed by atoms with van der Waals surface area (Å²) in [5, 5.41) is 16.9. The molecule has 3 rings (SSSR count). The SMILES string of the molecule is CCNC(=NCC(O)COc1ccc(F)cc1)NC1CCN(c2ccc(C)cn2)CC1.I. The number of piperidine rings is 1. The van der Waals surface area contributed by atoms with Crippen LogP contribution in [-0.2, 0) is 0 Å². The summed E-state index contributed by atoms with van der Waals surface area (Å²) in [7, 11) is 0. The van der Waals surface area contributed by atoms with Crippen LogP contribution in [0, 0.1) is 12.7 Å². The van der Waals surface area contributed by atoms with Crippen molar-refractivity contribution in [2.45, 2.75) is 38.8 Å². The highest BCUT2D eigenvalue weighted by Gasteiger charge is 2.21. The fourth-order valence-electron chi connectivity index (χ4n) is 3.39. The third-order valence-electron chi connectivity index (χ3n) is 5.12. The molecule has 1 atom stereocenters. The molecule has 176 valence electrons. The summed E-state index contributed by atoms with van der Waals surface area (Å²) in [5.74, 6) is 1.91. The fourth-order valence-corrected chi connectivity index (χ4v) is 3.39. The summed E-state index contributed by atoms with van der Waals surface area (Å²) in [5.41, 5.74) is 1.16. The van der Waals surface area contributed by atoms with Gasteiger partial charge in [0, 0.05) is 31.9 Å². The second-order valence-corrected chi connectivity index (χ2v) is 7.74. The molecular formula is C23H33FIN5O2. The summed E-state index contributed by atoms with van der Waals surface area (Å²) in [6.45, 7) is 6.96. The topological polar surface area (TPSA) is 82.0 Å². The van der Waals surface area contributed by atoms with Gasteiger partial charge in [0.05, 0.1) is 6.54 Å². The molecule has 0 saturated carbocycles. The number of aliphatic hydroxyl groups is 1. The summed E-state index contributed by atoms with van der Waals surface area (Å²) < 4.78 is 18.4. The van der Waals surface area contributed by atoms with E-state index in [0.717, 1.165) is 43.9 Å². The van der Waals surface area contributed by atoms with Crippen molar-refractivity contribution in [2.75, 3.05) is 37.7 Å². The number of aliphatic imine (C=N–C) groups is 1. The first-order chi connectivity index (χ1) is 15.0. The minimum Gasteiger partial charge on any atom is -0.491 e. The van der Waals surface area contributed by atoms with Crippen LogP contribution in [0.2, 0.25) is 0 Å². The molecule has 2 aromatic rings. The van der Waals surface area contributed by atoms with E-state index in [1.807, 2.05) is 20.0 Å². The molecular weight excluding hydrogens is 524 g/mol. The van der Waals surface area contributed by atoms with Crippen molar-refractivity contribution in [2.24, 2.45) is 4.99 Å². The van der Waals surface area contributed by atoms with Crippen LogP contribution in [0.1, 0.15) is 25.3 Å². The first-order valence-electron chi connectivity index (χ1n) is 10.8. The van der Waals surface area contributed by atoms with Crippen LogP contribution < -0.4 is 20.3 Å². The third kappa shape index (κ3) is 8.42. The van der Waals surface area contributed by atoms with Crippen molar-refractivity contribution in [3.8, 4) is 5.75 Å². The summed E-state index contributed by atoms with van der Waals surface area (Å²) in [6.07, 6.45) is 3.11. The number of anilines is 1. The summed E-state index contributed by atoms with van der Waals surface area (Å²) in [4.78, 5) is 11.3. The number of hydrogen-bond donors (Lipinski definition) is 3. The zero-order valence-electron chi connectivity index (χ0n) is 18.6. The van der Waals surface area contributed by atoms with Crippen LogP contribution >= 0.6 is 24.0 Å². The van der Waals surface area contributed by atoms with Crippen molar-refractivity contribution in [3.05, 3.63) is 54.0 Å². The van der Waals surface area contributed by atoms with Crippen molar-refractivity contribution in [1.29, 1.82) is 0 Å². The van der Waals surface area contributed by atoms with Crippen LogP contribution in [-0.4, -0.2) is 61.0 Å². The number of hydrogen-bond acceptors (Lipinski definition) is 5. The molecule has 1 aliphatic heterocycles. The minimum atomic E-state index is -0.755. The van der Waals surface area contributed by atoms with Crippen LogP contribution in [0.25, 0.3) is 0 Å². The average molecular weight is 557 g/mol. The molecule has 1 aromatic heterocycles. The molecule has 1 aliphatic rings. The van der Waals surface area contributed by atoms with Crippen molar-refractivity contribution in [1.82, 2.24) is 15.6 Å². The molecule has 1 fully saturated rings. The number of aryl methyl sites for hydroxylation is 1. The Labute approximate surface area is 206 Å². The standard InChI is InChI=1S/C23H32FN5O2.HI/c1-3-25-23(27-15-20(30)16-31-21-7-5-18(24)6-8-21)28-19-10-12-29(13-11-19)22-9-4-17(2)14-26-22;/h4-9,14,19-20,30H,3,10-13,15-16H2,1-2H3,(H2,25,27,28);1H. The second-order valence-electron chi connectivity index (χ2n) is 7.74. The molecule has 0 aliphatic carbocycles. The van der Waals surface area contributed by atoms with Gasteiger partial charge < -0.3 is 25.4 Å². The normalized spacial score (nSPS) is 15.6. The van der Waals surface area contributed by atoms with Crippen molar-refractivity contribution >= 4 is 35.8 Å². The molecule has 1 unspecified atom stereocenters. The Kier molecular flexibility index (Phi) is 10.9. The fraction of sp³-hybridized carbons (Fsp3) is 0.478. The van der Waals surface area contributed by atoms with Gasteiger partial charge in [0.25, 0.3) is 0 Å². The molecule has 7 nitrogen and oxygen atoms in total. The Morgan fingerprint density at radius 3 is 2.59 bits per heavy atom. The van der Waals surface area contributed by atoms with Crippen LogP contribution in [0.5, 0.6) is 5.75 Å². The number of benzene rings is 1. The van der Waals surface area contributed by atoms with Gasteiger partial charge in [0.2, 0.25) is 0 Å². The maximum atomic E-state index is 12.9. The molecule has 3 N–H and O–H groups in total. The summed E-state index contributed by atoms with van der Waals surface area (Å²) >= 11 is 0. The molecule has 0 radical (unpaired) electrons. The average Bonchev–Trinajstić information content (AvgIpc) is 2.78. The van der Waals surface area contributed by atoms with Gasteiger partial charge in [-0.05, 0) is 62.6 Å². The first kappa shape index (κ1) is 26.1. The number of aromatic nitrogens is 1. The van der Waals surface area contributed by atoms with E-state index in [1.165, 1.54) is 24.3 Å². The van der Waals surface area contributed by atoms with E-state index in [-0.39, 0.29) is 42.9 Å². The van der Waals surface area contributed by atoms with E-state index in [4.69, 9.17) is 4.74 Å². The predicted octanol–water partition coefficient (Wildman–Crippen LogP) is 3.11. The minimum absolute atomic E-state index is 0. The number of nitrogens with one attached hydrogen (secondary N) is 2. The van der Waals surface area contributed by atoms with Crippen LogP contribution in [0.3, 0.4) is 0 Å². The number of ether oxygens (including phenoxy) is 1. The number of guanidine groups is 1. The molecule has 0 bridgehead atoms. The Bertz CT molecular complexity index is 827. The van der Waals surface area contributed by atoms with E-state index in [9.17, 15) is 9.50 Å². The van der Waals surface area contributed by atoms with E-state index in [1.54, 1.807) is 0 Å². The quantitative estimate of drug-likeness (QED) is 0.263. The second kappa shape index (κ2) is 13.4. The van der Waals surface area contributed by atoms with Gasteiger partial charge in [-0.2, -0.15) is 0 Å². The molecule has 2 heterocycles. The van der Waals surface area contributed by atoms with E-state index in [2.05, 4.69) is 37.6 Å². The highest BCUT2D eigenvalue weighted by atomic mass is 127. The Morgan fingerprint density at radius 2 is 1.97 bits per heavy atom. The Morgan fingerprint density at radius 1 is 1.25 bits per heavy atom. The number of halogens is 2. The maximum absolute atomic E-state index is 12.9. The Hall–Kier alpha value is -2.14. The highest BCUT2D eigenvalue weighted by Crippen LogP contribution is 2.18. The van der Waals surface area contributed by atoms with Gasteiger partial charge in [0.15, 0.2) is 5.96 Å². The lowest BCUT2D eigenvalue weighted by Gasteiger charge is -2.34. The zero-order chi connectivity index (χ0) is 22.1. The Balaban J connectivity index is 0.00000363. The monoisotopic (exact) mass is 557 g/mol. The van der Waals surface area contributed by atoms with Gasteiger partial charge in [-0.3, -0.25) is 4.99 Å². The molecule has 1 aromatic carbocycles. The predicted molar refractivity (Wildman–Crippen MR) is 137 cm³/mol. The molecule has 0 spiro atoms. The molecule has 9 heteroatoms. The molecule has 1 saturated heterocycles. The highest BCUT2D eigenvalue weighted by molar-refractivity contribution is 14.0. The molecule has 0 amide bonds. The van der Waals surface area contributed by atoms with E-state index < -0.39 is 6.10 Å². The van der Waals surface area contributed by atoms with Crippen LogP contribution in [0.15, 0.2) is 47.6 Å². The van der Waals surface area contributed by atoms with Gasteiger partial charge in [-0.15, -0.1) is 24.0 Å². The number of nitrogens with zero attached hydrogens (tertiary/aromatic N) is 3. The number of rotatable bonds is 8. The van der Waals surface area contributed by atoms with Crippen molar-refractivity contribution < 1.29 is 14.2 Å². The largest absolute Gasteiger partial charge is 0.491 e. The maximum Gasteiger partial charge on any atom is 0.191 e. The number of pyridine rings is 1. The lowest BCUT2D eigenvalue weighted by Crippen LogP contribution is -2.49. The number of aliphatic hydroxyl groups excluding tert-OH is 1.